The number of carboxylic acids is 1. The normalized spacial score (nSPS) is 10.1. The third-order valence-corrected chi connectivity index (χ3v) is 2.54. The summed E-state index contributed by atoms with van der Waals surface area (Å²) in [5.41, 5.74) is 0.426. The van der Waals surface area contributed by atoms with Crippen LogP contribution in [-0.2, 0) is 11.3 Å². The number of aliphatic carboxylic acids is 1. The molecule has 0 bridgehead atoms. The van der Waals surface area contributed by atoms with Crippen LogP contribution in [0, 0.1) is 22.5 Å². The number of hydrogen-bond donors (Lipinski definition) is 1. The smallest absolute Gasteiger partial charge is 0.317 e. The fraction of sp³-hybridized carbons (Fsp3) is 0.308. The Morgan fingerprint density at radius 2 is 2.30 bits per heavy atom. The maximum atomic E-state index is 10.8. The van der Waals surface area contributed by atoms with Gasteiger partial charge in [0.05, 0.1) is 25.1 Å². The van der Waals surface area contributed by atoms with Gasteiger partial charge in [0.25, 0.3) is 5.69 Å². The van der Waals surface area contributed by atoms with E-state index in [0.717, 1.165) is 0 Å². The topological polar surface area (TPSA) is 92.9 Å². The van der Waals surface area contributed by atoms with Gasteiger partial charge in [0.15, 0.2) is 0 Å². The second kappa shape index (κ2) is 7.11. The molecule has 1 aromatic rings. The quantitative estimate of drug-likeness (QED) is 0.456. The van der Waals surface area contributed by atoms with Crippen molar-refractivity contribution in [1.29, 1.82) is 0 Å². The van der Waals surface area contributed by atoms with E-state index in [1.54, 1.807) is 0 Å². The van der Waals surface area contributed by atoms with E-state index in [1.165, 1.54) is 30.2 Å². The zero-order valence-electron chi connectivity index (χ0n) is 10.9. The van der Waals surface area contributed by atoms with Crippen molar-refractivity contribution in [3.05, 3.63) is 33.9 Å². The molecule has 0 saturated carbocycles. The van der Waals surface area contributed by atoms with Crippen molar-refractivity contribution in [2.45, 2.75) is 6.54 Å². The van der Waals surface area contributed by atoms with Crippen LogP contribution in [0.2, 0.25) is 0 Å². The number of nitro benzene ring substituents is 1. The van der Waals surface area contributed by atoms with Gasteiger partial charge in [0.2, 0.25) is 0 Å². The molecule has 0 aliphatic rings. The Morgan fingerprint density at radius 3 is 2.80 bits per heavy atom. The van der Waals surface area contributed by atoms with Gasteiger partial charge in [-0.25, -0.2) is 0 Å². The van der Waals surface area contributed by atoms with Gasteiger partial charge in [-0.15, -0.1) is 6.42 Å². The molecular weight excluding hydrogens is 264 g/mol. The maximum absolute atomic E-state index is 10.8. The van der Waals surface area contributed by atoms with Gasteiger partial charge in [-0.3, -0.25) is 19.8 Å². The molecule has 0 atom stereocenters. The summed E-state index contributed by atoms with van der Waals surface area (Å²) in [6.45, 7) is 0.0234. The third-order valence-electron chi connectivity index (χ3n) is 2.54. The van der Waals surface area contributed by atoms with E-state index in [0.29, 0.717) is 11.3 Å². The lowest BCUT2D eigenvalue weighted by molar-refractivity contribution is -0.384. The molecule has 106 valence electrons. The largest absolute Gasteiger partial charge is 0.496 e. The van der Waals surface area contributed by atoms with Gasteiger partial charge in [-0.05, 0) is 6.07 Å². The van der Waals surface area contributed by atoms with Gasteiger partial charge < -0.3 is 9.84 Å². The average Bonchev–Trinajstić information content (AvgIpc) is 2.38. The number of hydrogen-bond acceptors (Lipinski definition) is 5. The third kappa shape index (κ3) is 4.26. The molecule has 7 heteroatoms. The van der Waals surface area contributed by atoms with Crippen LogP contribution in [0.25, 0.3) is 0 Å². The fourth-order valence-corrected chi connectivity index (χ4v) is 1.73. The summed E-state index contributed by atoms with van der Waals surface area (Å²) in [6.07, 6.45) is 5.18. The van der Waals surface area contributed by atoms with Crippen LogP contribution in [0.15, 0.2) is 18.2 Å². The van der Waals surface area contributed by atoms with Gasteiger partial charge >= 0.3 is 5.97 Å². The number of non-ortho nitro benzene ring substituents is 1. The number of ether oxygens (including phenoxy) is 1. The van der Waals surface area contributed by atoms with Crippen molar-refractivity contribution in [3.8, 4) is 18.1 Å². The van der Waals surface area contributed by atoms with E-state index >= 15 is 0 Å². The van der Waals surface area contributed by atoms with Crippen LogP contribution in [-0.4, -0.2) is 41.1 Å². The highest BCUT2D eigenvalue weighted by Gasteiger charge is 2.15. The van der Waals surface area contributed by atoms with E-state index in [1.807, 2.05) is 0 Å². The first-order valence-electron chi connectivity index (χ1n) is 5.66. The van der Waals surface area contributed by atoms with Gasteiger partial charge in [-0.2, -0.15) is 0 Å². The van der Waals surface area contributed by atoms with Crippen LogP contribution < -0.4 is 4.74 Å². The number of nitrogens with zero attached hydrogens (tertiary/aromatic N) is 2. The Bertz CT molecular complexity index is 550. The zero-order chi connectivity index (χ0) is 15.1. The van der Waals surface area contributed by atoms with Crippen LogP contribution in [0.3, 0.4) is 0 Å². The number of terminal acetylenes is 1. The predicted molar refractivity (Wildman–Crippen MR) is 71.4 cm³/mol. The number of carbonyl (C=O) groups is 1. The summed E-state index contributed by atoms with van der Waals surface area (Å²) in [5.74, 6) is 1.78. The highest BCUT2D eigenvalue weighted by atomic mass is 16.6. The monoisotopic (exact) mass is 278 g/mol. The van der Waals surface area contributed by atoms with Crippen LogP contribution in [0.1, 0.15) is 5.56 Å². The molecule has 1 rings (SSSR count). The summed E-state index contributed by atoms with van der Waals surface area (Å²) < 4.78 is 5.12. The molecular formula is C13H14N2O5. The molecule has 20 heavy (non-hydrogen) atoms. The Balaban J connectivity index is 3.03. The van der Waals surface area contributed by atoms with Crippen LogP contribution >= 0.6 is 0 Å². The Hall–Kier alpha value is -2.59. The molecule has 0 aromatic heterocycles. The van der Waals surface area contributed by atoms with E-state index in [9.17, 15) is 14.9 Å². The summed E-state index contributed by atoms with van der Waals surface area (Å²) in [4.78, 5) is 22.5. The molecule has 0 heterocycles. The van der Waals surface area contributed by atoms with Crippen molar-refractivity contribution < 1.29 is 19.6 Å². The number of methoxy groups -OCH3 is 1. The predicted octanol–water partition coefficient (Wildman–Crippen LogP) is 1.12. The van der Waals surface area contributed by atoms with Gasteiger partial charge in [-0.1, -0.05) is 5.92 Å². The molecule has 1 aromatic carbocycles. The van der Waals surface area contributed by atoms with E-state index in [4.69, 9.17) is 16.3 Å². The van der Waals surface area contributed by atoms with E-state index < -0.39 is 10.9 Å². The lowest BCUT2D eigenvalue weighted by Crippen LogP contribution is -2.29. The van der Waals surface area contributed by atoms with Crippen molar-refractivity contribution >= 4 is 11.7 Å². The minimum absolute atomic E-state index is 0.0863. The molecule has 0 amide bonds. The lowest BCUT2D eigenvalue weighted by Gasteiger charge is -2.18. The number of nitro groups is 1. The Morgan fingerprint density at radius 1 is 1.60 bits per heavy atom. The van der Waals surface area contributed by atoms with Crippen LogP contribution in [0.5, 0.6) is 5.75 Å². The number of carboxylic acid groups (broad SMARTS) is 1. The van der Waals surface area contributed by atoms with E-state index in [2.05, 4.69) is 5.92 Å². The highest BCUT2D eigenvalue weighted by Crippen LogP contribution is 2.25. The van der Waals surface area contributed by atoms with Gasteiger partial charge in [0, 0.05) is 24.2 Å². The molecule has 0 spiro atoms. The lowest BCUT2D eigenvalue weighted by atomic mass is 10.1. The van der Waals surface area contributed by atoms with Gasteiger partial charge in [0.1, 0.15) is 5.75 Å². The summed E-state index contributed by atoms with van der Waals surface area (Å²) >= 11 is 0. The first kappa shape index (κ1) is 15.5. The molecule has 0 aliphatic heterocycles. The van der Waals surface area contributed by atoms with Crippen molar-refractivity contribution in [2.24, 2.45) is 0 Å². The van der Waals surface area contributed by atoms with Crippen molar-refractivity contribution in [2.75, 3.05) is 20.2 Å². The SMILES string of the molecule is C#CCN(CC(=O)O)Cc1cc([N+](=O)[O-])ccc1OC. The average molecular weight is 278 g/mol. The minimum Gasteiger partial charge on any atom is -0.496 e. The molecule has 0 radical (unpaired) electrons. The number of rotatable bonds is 7. The molecule has 0 unspecified atom stereocenters. The Labute approximate surface area is 115 Å². The second-order valence-electron chi connectivity index (χ2n) is 4.00. The Kier molecular flexibility index (Phi) is 5.50. The molecule has 0 fully saturated rings. The highest BCUT2D eigenvalue weighted by molar-refractivity contribution is 5.69. The maximum Gasteiger partial charge on any atom is 0.317 e. The molecule has 1 N–H and O–H groups in total. The first-order chi connectivity index (χ1) is 9.47. The standard InChI is InChI=1S/C13H14N2O5/c1-3-6-14(9-13(16)17)8-10-7-11(15(18)19)4-5-12(10)20-2/h1,4-5,7H,6,8-9H2,2H3,(H,16,17). The minimum atomic E-state index is -1.02. The molecule has 7 nitrogen and oxygen atoms in total. The zero-order valence-corrected chi connectivity index (χ0v) is 10.9. The van der Waals surface area contributed by atoms with Crippen LogP contribution in [0.4, 0.5) is 5.69 Å². The first-order valence-corrected chi connectivity index (χ1v) is 5.66. The van der Waals surface area contributed by atoms with Crippen molar-refractivity contribution in [3.63, 3.8) is 0 Å². The number of benzene rings is 1. The summed E-state index contributed by atoms with van der Waals surface area (Å²) in [7, 11) is 1.44. The second-order valence-corrected chi connectivity index (χ2v) is 4.00. The fourth-order valence-electron chi connectivity index (χ4n) is 1.73. The summed E-state index contributed by atoms with van der Waals surface area (Å²) in [6, 6.07) is 4.15. The van der Waals surface area contributed by atoms with E-state index in [-0.39, 0.29) is 25.3 Å². The molecule has 0 aliphatic carbocycles. The van der Waals surface area contributed by atoms with Crippen molar-refractivity contribution in [1.82, 2.24) is 4.90 Å². The molecule has 0 saturated heterocycles. The summed E-state index contributed by atoms with van der Waals surface area (Å²) in [5, 5.41) is 19.6.